The number of hydrogen-bond donors (Lipinski definition) is 1. The summed E-state index contributed by atoms with van der Waals surface area (Å²) in [6.45, 7) is 7.49. The molecule has 0 fully saturated rings. The smallest absolute Gasteiger partial charge is 0.119 e. The number of quaternary nitrogens is 1. The number of benzene rings is 1. The predicted molar refractivity (Wildman–Crippen MR) is 77.0 cm³/mol. The average molecular weight is 317 g/mol. The Bertz CT molecular complexity index is 316. The summed E-state index contributed by atoms with van der Waals surface area (Å²) in [6.07, 6.45) is 1.20. The van der Waals surface area contributed by atoms with Crippen LogP contribution >= 0.6 is 15.9 Å². The van der Waals surface area contributed by atoms with Crippen LogP contribution in [0, 0.1) is 0 Å². The Kier molecular flexibility index (Phi) is 8.05. The molecule has 3 nitrogen and oxygen atoms in total. The maximum absolute atomic E-state index is 5.55. The molecule has 0 radical (unpaired) electrons. The molecule has 0 aliphatic rings. The Hall–Kier alpha value is -0.580. The maximum Gasteiger partial charge on any atom is 0.119 e. The molecule has 0 aliphatic heterocycles. The van der Waals surface area contributed by atoms with Crippen molar-refractivity contribution >= 4 is 15.9 Å². The lowest BCUT2D eigenvalue weighted by Crippen LogP contribution is -2.90. The predicted octanol–water partition coefficient (Wildman–Crippen LogP) is 2.21. The first-order valence-electron chi connectivity index (χ1n) is 6.51. The molecule has 0 aromatic heterocycles. The zero-order valence-corrected chi connectivity index (χ0v) is 12.8. The Morgan fingerprint density at radius 2 is 1.89 bits per heavy atom. The molecule has 1 aromatic carbocycles. The van der Waals surface area contributed by atoms with Crippen LogP contribution in [0.5, 0.6) is 5.75 Å². The molecule has 4 heteroatoms. The van der Waals surface area contributed by atoms with Gasteiger partial charge in [-0.25, -0.2) is 0 Å². The van der Waals surface area contributed by atoms with Crippen molar-refractivity contribution < 1.29 is 14.8 Å². The van der Waals surface area contributed by atoms with Gasteiger partial charge in [0, 0.05) is 4.47 Å². The minimum Gasteiger partial charge on any atom is -0.491 e. The summed E-state index contributed by atoms with van der Waals surface area (Å²) < 4.78 is 12.1. The van der Waals surface area contributed by atoms with Crippen LogP contribution in [0.2, 0.25) is 0 Å². The molecule has 2 N–H and O–H groups in total. The average Bonchev–Trinajstić information content (AvgIpc) is 2.39. The number of halogens is 1. The lowest BCUT2D eigenvalue weighted by Gasteiger charge is -2.09. The molecule has 0 amide bonds. The summed E-state index contributed by atoms with van der Waals surface area (Å²) in [4.78, 5) is 0. The second kappa shape index (κ2) is 9.36. The second-order valence-electron chi connectivity index (χ2n) is 4.32. The van der Waals surface area contributed by atoms with Gasteiger partial charge in [0.25, 0.3) is 0 Å². The summed E-state index contributed by atoms with van der Waals surface area (Å²) in [6, 6.07) is 8.52. The third-order valence-electron chi connectivity index (χ3n) is 2.79. The topological polar surface area (TPSA) is 35.1 Å². The van der Waals surface area contributed by atoms with E-state index in [1.54, 1.807) is 0 Å². The van der Waals surface area contributed by atoms with Crippen LogP contribution in [0.25, 0.3) is 0 Å². The van der Waals surface area contributed by atoms with Gasteiger partial charge < -0.3 is 14.8 Å². The molecule has 18 heavy (non-hydrogen) atoms. The van der Waals surface area contributed by atoms with Gasteiger partial charge in [0.15, 0.2) is 0 Å². The van der Waals surface area contributed by atoms with Gasteiger partial charge in [-0.15, -0.1) is 0 Å². The fourth-order valence-corrected chi connectivity index (χ4v) is 1.72. The Morgan fingerprint density at radius 1 is 1.17 bits per heavy atom. The highest BCUT2D eigenvalue weighted by Gasteiger charge is 2.00. The Labute approximate surface area is 118 Å². The largest absolute Gasteiger partial charge is 0.491 e. The van der Waals surface area contributed by atoms with Gasteiger partial charge in [0.05, 0.1) is 25.8 Å². The molecular formula is C14H23BrNO2+. The van der Waals surface area contributed by atoms with Gasteiger partial charge in [-0.05, 0) is 37.6 Å². The normalized spacial score (nSPS) is 12.4. The van der Waals surface area contributed by atoms with Gasteiger partial charge in [0.1, 0.15) is 12.4 Å². The van der Waals surface area contributed by atoms with E-state index in [1.165, 1.54) is 6.42 Å². The molecule has 1 rings (SSSR count). The summed E-state index contributed by atoms with van der Waals surface area (Å²) in [7, 11) is 0. The first kappa shape index (κ1) is 15.5. The summed E-state index contributed by atoms with van der Waals surface area (Å²) in [5, 5.41) is 2.32. The minimum atomic E-state index is 0.602. The van der Waals surface area contributed by atoms with E-state index in [0.29, 0.717) is 19.3 Å². The van der Waals surface area contributed by atoms with E-state index >= 15 is 0 Å². The molecule has 0 saturated carbocycles. The molecule has 0 saturated heterocycles. The van der Waals surface area contributed by atoms with E-state index in [2.05, 4.69) is 35.1 Å². The van der Waals surface area contributed by atoms with Gasteiger partial charge >= 0.3 is 0 Å². The van der Waals surface area contributed by atoms with Crippen LogP contribution in [0.1, 0.15) is 20.3 Å². The lowest BCUT2D eigenvalue weighted by atomic mass is 10.3. The highest BCUT2D eigenvalue weighted by atomic mass is 79.9. The van der Waals surface area contributed by atoms with Crippen molar-refractivity contribution in [3.05, 3.63) is 28.7 Å². The number of nitrogens with two attached hydrogens (primary N) is 1. The van der Waals surface area contributed by atoms with Crippen LogP contribution in [0.4, 0.5) is 0 Å². The van der Waals surface area contributed by atoms with Crippen molar-refractivity contribution in [1.29, 1.82) is 0 Å². The van der Waals surface area contributed by atoms with Crippen LogP contribution in [-0.2, 0) is 4.74 Å². The first-order valence-corrected chi connectivity index (χ1v) is 7.31. The highest BCUT2D eigenvalue weighted by molar-refractivity contribution is 9.10. The van der Waals surface area contributed by atoms with E-state index < -0.39 is 0 Å². The molecule has 0 unspecified atom stereocenters. The summed E-state index contributed by atoms with van der Waals surface area (Å²) >= 11 is 3.39. The van der Waals surface area contributed by atoms with Crippen LogP contribution in [0.15, 0.2) is 28.7 Å². The van der Waals surface area contributed by atoms with Crippen molar-refractivity contribution in [2.45, 2.75) is 26.3 Å². The molecular weight excluding hydrogens is 294 g/mol. The summed E-state index contributed by atoms with van der Waals surface area (Å²) in [5.41, 5.74) is 0. The van der Waals surface area contributed by atoms with Gasteiger partial charge in [-0.1, -0.05) is 22.9 Å². The van der Waals surface area contributed by atoms with Crippen molar-refractivity contribution in [3.63, 3.8) is 0 Å². The molecule has 1 aromatic rings. The van der Waals surface area contributed by atoms with Crippen LogP contribution < -0.4 is 10.1 Å². The third-order valence-corrected chi connectivity index (χ3v) is 3.31. The Morgan fingerprint density at radius 3 is 2.56 bits per heavy atom. The zero-order chi connectivity index (χ0) is 13.2. The molecule has 1 atom stereocenters. The molecule has 0 heterocycles. The zero-order valence-electron chi connectivity index (χ0n) is 11.2. The van der Waals surface area contributed by atoms with E-state index in [4.69, 9.17) is 9.47 Å². The third kappa shape index (κ3) is 6.99. The quantitative estimate of drug-likeness (QED) is 0.709. The van der Waals surface area contributed by atoms with Gasteiger partial charge in [0.2, 0.25) is 0 Å². The van der Waals surface area contributed by atoms with Crippen LogP contribution in [0.3, 0.4) is 0 Å². The van der Waals surface area contributed by atoms with Gasteiger partial charge in [-0.2, -0.15) is 0 Å². The molecule has 0 spiro atoms. The fraction of sp³-hybridized carbons (Fsp3) is 0.571. The number of rotatable bonds is 9. The summed E-state index contributed by atoms with van der Waals surface area (Å²) in [5.74, 6) is 0.882. The minimum absolute atomic E-state index is 0.602. The molecule has 0 aliphatic carbocycles. The lowest BCUT2D eigenvalue weighted by molar-refractivity contribution is -0.687. The number of hydrogen-bond acceptors (Lipinski definition) is 2. The van der Waals surface area contributed by atoms with Crippen molar-refractivity contribution in [2.24, 2.45) is 0 Å². The molecule has 102 valence electrons. The van der Waals surface area contributed by atoms with Crippen molar-refractivity contribution in [2.75, 3.05) is 26.4 Å². The van der Waals surface area contributed by atoms with Crippen molar-refractivity contribution in [1.82, 2.24) is 0 Å². The monoisotopic (exact) mass is 316 g/mol. The van der Waals surface area contributed by atoms with E-state index in [-0.39, 0.29) is 0 Å². The first-order chi connectivity index (χ1) is 8.72. The van der Waals surface area contributed by atoms with Crippen LogP contribution in [-0.4, -0.2) is 32.4 Å². The number of ether oxygens (including phenoxy) is 2. The van der Waals surface area contributed by atoms with Crippen molar-refractivity contribution in [3.8, 4) is 5.75 Å². The fourth-order valence-electron chi connectivity index (χ4n) is 1.45. The second-order valence-corrected chi connectivity index (χ2v) is 5.24. The van der Waals surface area contributed by atoms with E-state index in [9.17, 15) is 0 Å². The maximum atomic E-state index is 5.55. The SMILES string of the molecule is CC[C@H](C)[NH2+]CCOCCOc1ccc(Br)cc1. The van der Waals surface area contributed by atoms with E-state index in [0.717, 1.165) is 23.4 Å². The van der Waals surface area contributed by atoms with E-state index in [1.807, 2.05) is 24.3 Å². The highest BCUT2D eigenvalue weighted by Crippen LogP contribution is 2.15. The van der Waals surface area contributed by atoms with Gasteiger partial charge in [-0.3, -0.25) is 0 Å². The standard InChI is InChI=1S/C14H22BrNO2/c1-3-12(2)16-8-9-17-10-11-18-14-6-4-13(15)5-7-14/h4-7,12,16H,3,8-11H2,1-2H3/p+1/t12-/m0/s1. The molecule has 0 bridgehead atoms. The Balaban J connectivity index is 1.97.